The first-order chi connectivity index (χ1) is 18.7. The second kappa shape index (κ2) is 11.6. The highest BCUT2D eigenvalue weighted by atomic mass is 35.5. The van der Waals surface area contributed by atoms with E-state index in [1.54, 1.807) is 25.3 Å². The molecule has 1 atom stereocenters. The number of hydrogen-bond acceptors (Lipinski definition) is 5. The van der Waals surface area contributed by atoms with E-state index in [9.17, 15) is 23.5 Å². The Morgan fingerprint density at radius 2 is 1.90 bits per heavy atom. The monoisotopic (exact) mass is 559 g/mol. The van der Waals surface area contributed by atoms with Gasteiger partial charge >= 0.3 is 0 Å². The maximum absolute atomic E-state index is 14.2. The summed E-state index contributed by atoms with van der Waals surface area (Å²) in [5, 5.41) is 13.5. The Balaban J connectivity index is 1.18. The number of benzene rings is 2. The molecule has 1 saturated heterocycles. The number of fused-ring (bicyclic) bond motifs is 1. The van der Waals surface area contributed by atoms with Crippen molar-refractivity contribution in [3.05, 3.63) is 74.5 Å². The molecule has 2 heterocycles. The van der Waals surface area contributed by atoms with Crippen LogP contribution < -0.4 is 15.5 Å². The molecule has 1 saturated carbocycles. The molecule has 0 bridgehead atoms. The molecule has 1 aliphatic carbocycles. The standard InChI is InChI=1S/C29H32ClF2N3O4/c1-17-5-6-21(11-25(17)31)39-16-20(36)14-34-9-7-18(8-10-34)33-29(38)23-15-35(19-3-2-4-19)27-13-24(30)26(32)12-22(27)28(23)37/h5-6,11-13,15,18-20,36H,2-4,7-10,14,16H2,1H3,(H,33,38). The third-order valence-electron chi connectivity index (χ3n) is 7.76. The third-order valence-corrected chi connectivity index (χ3v) is 8.05. The highest BCUT2D eigenvalue weighted by molar-refractivity contribution is 6.31. The summed E-state index contributed by atoms with van der Waals surface area (Å²) in [7, 11) is 0. The highest BCUT2D eigenvalue weighted by Gasteiger charge is 2.27. The van der Waals surface area contributed by atoms with Crippen LogP contribution in [0.5, 0.6) is 5.75 Å². The van der Waals surface area contributed by atoms with E-state index in [-0.39, 0.29) is 40.5 Å². The van der Waals surface area contributed by atoms with Crippen molar-refractivity contribution >= 4 is 28.4 Å². The fraction of sp³-hybridized carbons (Fsp3) is 0.448. The molecule has 2 aliphatic rings. The van der Waals surface area contributed by atoms with E-state index in [4.69, 9.17) is 16.3 Å². The molecule has 2 fully saturated rings. The zero-order valence-corrected chi connectivity index (χ0v) is 22.5. The lowest BCUT2D eigenvalue weighted by Gasteiger charge is -2.33. The predicted octanol–water partition coefficient (Wildman–Crippen LogP) is 4.60. The molecule has 1 unspecified atom stereocenters. The zero-order chi connectivity index (χ0) is 27.7. The van der Waals surface area contributed by atoms with E-state index in [0.717, 1.165) is 25.3 Å². The zero-order valence-electron chi connectivity index (χ0n) is 21.8. The van der Waals surface area contributed by atoms with Crippen molar-refractivity contribution in [1.82, 2.24) is 14.8 Å². The molecule has 0 radical (unpaired) electrons. The van der Waals surface area contributed by atoms with Crippen LogP contribution in [0.1, 0.15) is 54.1 Å². The van der Waals surface area contributed by atoms with Crippen LogP contribution in [0.25, 0.3) is 10.9 Å². The Morgan fingerprint density at radius 1 is 1.15 bits per heavy atom. The van der Waals surface area contributed by atoms with Gasteiger partial charge in [0.1, 0.15) is 35.7 Å². The van der Waals surface area contributed by atoms with E-state index in [0.29, 0.717) is 49.3 Å². The number of nitrogens with one attached hydrogen (secondary N) is 1. The van der Waals surface area contributed by atoms with Crippen LogP contribution in [-0.2, 0) is 0 Å². The van der Waals surface area contributed by atoms with E-state index in [1.807, 2.05) is 4.57 Å². The SMILES string of the molecule is Cc1ccc(OCC(O)CN2CCC(NC(=O)c3cn(C4CCC4)c4cc(Cl)c(F)cc4c3=O)CC2)cc1F. The van der Waals surface area contributed by atoms with Crippen LogP contribution in [0.2, 0.25) is 5.02 Å². The molecule has 7 nitrogen and oxygen atoms in total. The quantitative estimate of drug-likeness (QED) is 0.421. The Labute approximate surface area is 230 Å². The molecule has 1 amide bonds. The van der Waals surface area contributed by atoms with Crippen LogP contribution >= 0.6 is 11.6 Å². The third kappa shape index (κ3) is 6.10. The molecule has 208 valence electrons. The molecule has 5 rings (SSSR count). The van der Waals surface area contributed by atoms with Gasteiger partial charge in [0.25, 0.3) is 5.91 Å². The number of carbonyl (C=O) groups excluding carboxylic acids is 1. The number of carbonyl (C=O) groups is 1. The molecule has 2 N–H and O–H groups in total. The van der Waals surface area contributed by atoms with Gasteiger partial charge in [0.05, 0.1) is 10.5 Å². The molecule has 0 spiro atoms. The maximum atomic E-state index is 14.2. The number of halogens is 3. The largest absolute Gasteiger partial charge is 0.491 e. The maximum Gasteiger partial charge on any atom is 0.256 e. The van der Waals surface area contributed by atoms with Gasteiger partial charge in [0, 0.05) is 49.4 Å². The Hall–Kier alpha value is -3.01. The van der Waals surface area contributed by atoms with Crippen LogP contribution in [0, 0.1) is 18.6 Å². The fourth-order valence-electron chi connectivity index (χ4n) is 5.20. The molecule has 3 aromatic rings. The highest BCUT2D eigenvalue weighted by Crippen LogP contribution is 2.34. The first-order valence-electron chi connectivity index (χ1n) is 13.3. The number of amides is 1. The van der Waals surface area contributed by atoms with Crippen molar-refractivity contribution in [2.24, 2.45) is 0 Å². The summed E-state index contributed by atoms with van der Waals surface area (Å²) >= 11 is 6.00. The Kier molecular flexibility index (Phi) is 8.21. The summed E-state index contributed by atoms with van der Waals surface area (Å²) in [5.74, 6) is -1.14. The number of nitrogens with zero attached hydrogens (tertiary/aromatic N) is 2. The number of rotatable bonds is 8. The summed E-state index contributed by atoms with van der Waals surface area (Å²) < 4.78 is 35.3. The van der Waals surface area contributed by atoms with Gasteiger partial charge < -0.3 is 24.6 Å². The predicted molar refractivity (Wildman–Crippen MR) is 146 cm³/mol. The van der Waals surface area contributed by atoms with Crippen molar-refractivity contribution < 1.29 is 23.4 Å². The van der Waals surface area contributed by atoms with Gasteiger partial charge in [0.15, 0.2) is 0 Å². The smallest absolute Gasteiger partial charge is 0.256 e. The van der Waals surface area contributed by atoms with Crippen molar-refractivity contribution in [3.63, 3.8) is 0 Å². The minimum absolute atomic E-state index is 0.00124. The van der Waals surface area contributed by atoms with Crippen molar-refractivity contribution in [1.29, 1.82) is 0 Å². The summed E-state index contributed by atoms with van der Waals surface area (Å²) in [6, 6.07) is 7.19. The second-order valence-electron chi connectivity index (χ2n) is 10.6. The van der Waals surface area contributed by atoms with Gasteiger partial charge in [-0.1, -0.05) is 17.7 Å². The number of piperidine rings is 1. The van der Waals surface area contributed by atoms with Gasteiger partial charge in [-0.15, -0.1) is 0 Å². The summed E-state index contributed by atoms with van der Waals surface area (Å²) in [4.78, 5) is 28.5. The average molecular weight is 560 g/mol. The fourth-order valence-corrected chi connectivity index (χ4v) is 5.36. The molecule has 39 heavy (non-hydrogen) atoms. The van der Waals surface area contributed by atoms with Crippen LogP contribution in [0.3, 0.4) is 0 Å². The van der Waals surface area contributed by atoms with Gasteiger partial charge in [-0.05, 0) is 62.8 Å². The van der Waals surface area contributed by atoms with Gasteiger partial charge in [-0.25, -0.2) is 8.78 Å². The molecular formula is C29H32ClF2N3O4. The van der Waals surface area contributed by atoms with Crippen molar-refractivity contribution in [2.45, 2.75) is 57.2 Å². The average Bonchev–Trinajstić information content (AvgIpc) is 2.87. The van der Waals surface area contributed by atoms with Crippen LogP contribution in [0.4, 0.5) is 8.78 Å². The van der Waals surface area contributed by atoms with Crippen LogP contribution in [-0.4, -0.2) is 58.9 Å². The van der Waals surface area contributed by atoms with Crippen molar-refractivity contribution in [3.8, 4) is 5.75 Å². The number of aromatic nitrogens is 1. The summed E-state index contributed by atoms with van der Waals surface area (Å²) in [6.45, 7) is 3.40. The van der Waals surface area contributed by atoms with Crippen molar-refractivity contribution in [2.75, 3.05) is 26.2 Å². The number of aryl methyl sites for hydroxylation is 1. The number of aliphatic hydroxyl groups is 1. The number of aliphatic hydroxyl groups excluding tert-OH is 1. The molecule has 10 heteroatoms. The summed E-state index contributed by atoms with van der Waals surface area (Å²) in [5.41, 5.74) is 0.554. The first-order valence-corrected chi connectivity index (χ1v) is 13.7. The summed E-state index contributed by atoms with van der Waals surface area (Å²) in [6.07, 6.45) is 5.03. The minimum Gasteiger partial charge on any atom is -0.491 e. The van der Waals surface area contributed by atoms with E-state index < -0.39 is 23.3 Å². The lowest BCUT2D eigenvalue weighted by atomic mass is 9.92. The molecule has 2 aromatic carbocycles. The number of ether oxygens (including phenoxy) is 1. The molecule has 1 aliphatic heterocycles. The number of hydrogen-bond donors (Lipinski definition) is 2. The normalized spacial score (nSPS) is 17.7. The van der Waals surface area contributed by atoms with Gasteiger partial charge in [0.2, 0.25) is 5.43 Å². The topological polar surface area (TPSA) is 83.8 Å². The number of likely N-dealkylation sites (tertiary alicyclic amines) is 1. The Bertz CT molecular complexity index is 1430. The number of β-amino-alcohol motifs (C(OH)–C–C–N with tert-alkyl or cyclic N) is 1. The lowest BCUT2D eigenvalue weighted by molar-refractivity contribution is 0.0567. The van der Waals surface area contributed by atoms with Gasteiger partial charge in [-0.2, -0.15) is 0 Å². The van der Waals surface area contributed by atoms with Gasteiger partial charge in [-0.3, -0.25) is 9.59 Å². The van der Waals surface area contributed by atoms with E-state index >= 15 is 0 Å². The van der Waals surface area contributed by atoms with Crippen LogP contribution in [0.15, 0.2) is 41.3 Å². The first kappa shape index (κ1) is 27.6. The van der Waals surface area contributed by atoms with E-state index in [1.165, 1.54) is 12.1 Å². The lowest BCUT2D eigenvalue weighted by Crippen LogP contribution is -2.47. The minimum atomic E-state index is -0.753. The number of pyridine rings is 1. The molecule has 1 aromatic heterocycles. The van der Waals surface area contributed by atoms with E-state index in [2.05, 4.69) is 10.2 Å². The Morgan fingerprint density at radius 3 is 2.56 bits per heavy atom. The second-order valence-corrected chi connectivity index (χ2v) is 11.0. The molecular weight excluding hydrogens is 528 g/mol.